The van der Waals surface area contributed by atoms with Crippen molar-refractivity contribution in [2.24, 2.45) is 0 Å². The van der Waals surface area contributed by atoms with E-state index in [4.69, 9.17) is 44.8 Å². The Kier molecular flexibility index (Phi) is 4.51. The molecule has 6 heteroatoms. The zero-order valence-corrected chi connectivity index (χ0v) is 12.1. The first-order valence-corrected chi connectivity index (χ1v) is 6.51. The normalized spacial score (nSPS) is 9.90. The number of ether oxygens (including phenoxy) is 1. The number of nitriles is 1. The summed E-state index contributed by atoms with van der Waals surface area (Å²) in [6, 6.07) is 10.9. The Balaban J connectivity index is 2.31. The smallest absolute Gasteiger partial charge is 0.343 e. The van der Waals surface area contributed by atoms with E-state index in [-0.39, 0.29) is 21.4 Å². The molecule has 2 aromatic carbocycles. The van der Waals surface area contributed by atoms with Gasteiger partial charge in [0.05, 0.1) is 27.2 Å². The SMILES string of the molecule is N#Cc1cccc(C(=O)Oc2c(Cl)cc(Cl)cc2Cl)c1. The molecule has 100 valence electrons. The average Bonchev–Trinajstić information content (AvgIpc) is 2.42. The molecular weight excluding hydrogens is 321 g/mol. The van der Waals surface area contributed by atoms with E-state index in [9.17, 15) is 4.79 Å². The lowest BCUT2D eigenvalue weighted by atomic mass is 10.1. The molecule has 0 unspecified atom stereocenters. The Hall–Kier alpha value is -1.73. The Morgan fingerprint density at radius 1 is 1.10 bits per heavy atom. The van der Waals surface area contributed by atoms with E-state index in [0.29, 0.717) is 10.6 Å². The zero-order chi connectivity index (χ0) is 14.7. The summed E-state index contributed by atoms with van der Waals surface area (Å²) in [7, 11) is 0. The fourth-order valence-corrected chi connectivity index (χ4v) is 2.39. The van der Waals surface area contributed by atoms with Gasteiger partial charge in [-0.25, -0.2) is 4.79 Å². The first-order valence-electron chi connectivity index (χ1n) is 5.38. The van der Waals surface area contributed by atoms with E-state index in [2.05, 4.69) is 0 Å². The van der Waals surface area contributed by atoms with Gasteiger partial charge in [-0.15, -0.1) is 0 Å². The third-order valence-electron chi connectivity index (χ3n) is 2.39. The first-order chi connectivity index (χ1) is 9.51. The van der Waals surface area contributed by atoms with Crippen molar-refractivity contribution < 1.29 is 9.53 Å². The summed E-state index contributed by atoms with van der Waals surface area (Å²) in [5, 5.41) is 9.40. The fourth-order valence-electron chi connectivity index (χ4n) is 1.49. The largest absolute Gasteiger partial charge is 0.420 e. The predicted octanol–water partition coefficient (Wildman–Crippen LogP) is 4.74. The van der Waals surface area contributed by atoms with Gasteiger partial charge in [0.25, 0.3) is 0 Å². The van der Waals surface area contributed by atoms with E-state index in [1.54, 1.807) is 12.1 Å². The lowest BCUT2D eigenvalue weighted by molar-refractivity contribution is 0.0735. The third-order valence-corrected chi connectivity index (χ3v) is 3.16. The summed E-state index contributed by atoms with van der Waals surface area (Å²) in [6.07, 6.45) is 0. The highest BCUT2D eigenvalue weighted by Gasteiger charge is 2.15. The maximum atomic E-state index is 12.0. The number of rotatable bonds is 2. The molecule has 0 aliphatic carbocycles. The van der Waals surface area contributed by atoms with E-state index in [0.717, 1.165) is 0 Å². The number of carbonyl (C=O) groups excluding carboxylic acids is 1. The highest BCUT2D eigenvalue weighted by molar-refractivity contribution is 6.40. The van der Waals surface area contributed by atoms with Crippen molar-refractivity contribution in [2.75, 3.05) is 0 Å². The molecule has 0 aliphatic rings. The van der Waals surface area contributed by atoms with E-state index >= 15 is 0 Å². The summed E-state index contributed by atoms with van der Waals surface area (Å²) >= 11 is 17.6. The second-order valence-corrected chi connectivity index (χ2v) is 5.03. The number of esters is 1. The van der Waals surface area contributed by atoms with E-state index in [1.807, 2.05) is 6.07 Å². The van der Waals surface area contributed by atoms with Crippen molar-refractivity contribution in [3.05, 3.63) is 62.6 Å². The summed E-state index contributed by atoms with van der Waals surface area (Å²) in [5.74, 6) is -0.627. The number of nitrogens with zero attached hydrogens (tertiary/aromatic N) is 1. The van der Waals surface area contributed by atoms with E-state index in [1.165, 1.54) is 24.3 Å². The third kappa shape index (κ3) is 3.23. The van der Waals surface area contributed by atoms with Crippen molar-refractivity contribution in [3.8, 4) is 11.8 Å². The standard InChI is InChI=1S/C14H6Cl3NO2/c15-10-5-11(16)13(12(17)6-10)20-14(19)9-3-1-2-8(4-9)7-18/h1-6H. The van der Waals surface area contributed by atoms with Crippen molar-refractivity contribution in [3.63, 3.8) is 0 Å². The zero-order valence-electron chi connectivity index (χ0n) is 9.86. The molecular formula is C14H6Cl3NO2. The van der Waals surface area contributed by atoms with Crippen LogP contribution in [-0.2, 0) is 0 Å². The highest BCUT2D eigenvalue weighted by atomic mass is 35.5. The quantitative estimate of drug-likeness (QED) is 0.591. The second-order valence-electron chi connectivity index (χ2n) is 3.78. The molecule has 20 heavy (non-hydrogen) atoms. The molecule has 0 radical (unpaired) electrons. The summed E-state index contributed by atoms with van der Waals surface area (Å²) in [4.78, 5) is 12.0. The molecule has 0 bridgehead atoms. The molecule has 3 nitrogen and oxygen atoms in total. The van der Waals surface area contributed by atoms with Crippen LogP contribution in [0.4, 0.5) is 0 Å². The highest BCUT2D eigenvalue weighted by Crippen LogP contribution is 2.36. The van der Waals surface area contributed by atoms with Gasteiger partial charge in [0, 0.05) is 5.02 Å². The predicted molar refractivity (Wildman–Crippen MR) is 77.6 cm³/mol. The molecule has 2 rings (SSSR count). The van der Waals surface area contributed by atoms with Gasteiger partial charge in [0.2, 0.25) is 0 Å². The van der Waals surface area contributed by atoms with Crippen LogP contribution < -0.4 is 4.74 Å². The minimum atomic E-state index is -0.659. The molecule has 0 heterocycles. The second kappa shape index (κ2) is 6.15. The molecule has 2 aromatic rings. The fraction of sp³-hybridized carbons (Fsp3) is 0. The van der Waals surface area contributed by atoms with Crippen molar-refractivity contribution >= 4 is 40.8 Å². The van der Waals surface area contributed by atoms with Crippen molar-refractivity contribution in [1.29, 1.82) is 5.26 Å². The molecule has 0 N–H and O–H groups in total. The number of hydrogen-bond acceptors (Lipinski definition) is 3. The Labute approximate surface area is 130 Å². The summed E-state index contributed by atoms with van der Waals surface area (Å²) in [6.45, 7) is 0. The van der Waals surface area contributed by atoms with Gasteiger partial charge >= 0.3 is 5.97 Å². The maximum absolute atomic E-state index is 12.0. The first kappa shape index (κ1) is 14.7. The van der Waals surface area contributed by atoms with Gasteiger partial charge in [0.15, 0.2) is 5.75 Å². The Bertz CT molecular complexity index is 700. The average molecular weight is 327 g/mol. The van der Waals surface area contributed by atoms with Crippen LogP contribution in [0.25, 0.3) is 0 Å². The lowest BCUT2D eigenvalue weighted by Crippen LogP contribution is -2.09. The lowest BCUT2D eigenvalue weighted by Gasteiger charge is -2.08. The van der Waals surface area contributed by atoms with Crippen LogP contribution in [0.2, 0.25) is 15.1 Å². The molecule has 0 aromatic heterocycles. The van der Waals surface area contributed by atoms with E-state index < -0.39 is 5.97 Å². The van der Waals surface area contributed by atoms with Crippen LogP contribution in [-0.4, -0.2) is 5.97 Å². The van der Waals surface area contributed by atoms with Crippen LogP contribution in [0.15, 0.2) is 36.4 Å². The van der Waals surface area contributed by atoms with Crippen LogP contribution in [0.5, 0.6) is 5.75 Å². The van der Waals surface area contributed by atoms with Gasteiger partial charge in [-0.2, -0.15) is 5.26 Å². The van der Waals surface area contributed by atoms with Crippen molar-refractivity contribution in [2.45, 2.75) is 0 Å². The van der Waals surface area contributed by atoms with Gasteiger partial charge in [-0.1, -0.05) is 40.9 Å². The minimum Gasteiger partial charge on any atom is -0.420 e. The number of benzene rings is 2. The molecule has 0 saturated carbocycles. The Morgan fingerprint density at radius 2 is 1.75 bits per heavy atom. The van der Waals surface area contributed by atoms with Crippen LogP contribution >= 0.6 is 34.8 Å². The maximum Gasteiger partial charge on any atom is 0.343 e. The number of hydrogen-bond donors (Lipinski definition) is 0. The summed E-state index contributed by atoms with van der Waals surface area (Å²) < 4.78 is 5.15. The number of halogens is 3. The number of carbonyl (C=O) groups is 1. The van der Waals surface area contributed by atoms with Gasteiger partial charge in [-0.05, 0) is 30.3 Å². The molecule has 0 spiro atoms. The topological polar surface area (TPSA) is 50.1 Å². The van der Waals surface area contributed by atoms with Gasteiger partial charge in [-0.3, -0.25) is 0 Å². The van der Waals surface area contributed by atoms with Crippen LogP contribution in [0, 0.1) is 11.3 Å². The van der Waals surface area contributed by atoms with Crippen LogP contribution in [0.1, 0.15) is 15.9 Å². The molecule has 0 atom stereocenters. The molecule has 0 amide bonds. The monoisotopic (exact) mass is 325 g/mol. The Morgan fingerprint density at radius 3 is 2.35 bits per heavy atom. The molecule has 0 saturated heterocycles. The van der Waals surface area contributed by atoms with Gasteiger partial charge < -0.3 is 4.74 Å². The van der Waals surface area contributed by atoms with Crippen LogP contribution in [0.3, 0.4) is 0 Å². The summed E-state index contributed by atoms with van der Waals surface area (Å²) in [5.41, 5.74) is 0.582. The molecule has 0 aliphatic heterocycles. The minimum absolute atomic E-state index is 0.0325. The molecule has 0 fully saturated rings. The van der Waals surface area contributed by atoms with Gasteiger partial charge in [0.1, 0.15) is 0 Å². The van der Waals surface area contributed by atoms with Crippen molar-refractivity contribution in [1.82, 2.24) is 0 Å².